The van der Waals surface area contributed by atoms with Crippen molar-refractivity contribution in [1.29, 1.82) is 0 Å². The number of benzene rings is 1. The summed E-state index contributed by atoms with van der Waals surface area (Å²) in [4.78, 5) is 10.5. The standard InChI is InChI=1S/C12H12ClN3O3/c1-3-15-7-8(6-14-15)9-4-11(16(17)18)12(19-2)5-10(9)13/h4-7H,3H2,1-2H3. The molecule has 2 aromatic rings. The molecule has 0 saturated carbocycles. The second-order valence-corrected chi connectivity index (χ2v) is 4.25. The second kappa shape index (κ2) is 5.27. The number of nitrogens with zero attached hydrogens (tertiary/aromatic N) is 3. The van der Waals surface area contributed by atoms with Gasteiger partial charge in [-0.1, -0.05) is 11.6 Å². The number of nitro groups is 1. The van der Waals surface area contributed by atoms with E-state index >= 15 is 0 Å². The molecule has 0 bridgehead atoms. The van der Waals surface area contributed by atoms with Crippen LogP contribution in [-0.4, -0.2) is 21.8 Å². The summed E-state index contributed by atoms with van der Waals surface area (Å²) in [6.07, 6.45) is 3.42. The topological polar surface area (TPSA) is 70.2 Å². The quantitative estimate of drug-likeness (QED) is 0.637. The van der Waals surface area contributed by atoms with Crippen molar-refractivity contribution in [1.82, 2.24) is 9.78 Å². The van der Waals surface area contributed by atoms with E-state index < -0.39 is 4.92 Å². The Balaban J connectivity index is 2.57. The zero-order valence-corrected chi connectivity index (χ0v) is 11.2. The van der Waals surface area contributed by atoms with Crippen LogP contribution in [0.2, 0.25) is 5.02 Å². The van der Waals surface area contributed by atoms with Crippen molar-refractivity contribution in [3.63, 3.8) is 0 Å². The normalized spacial score (nSPS) is 10.5. The summed E-state index contributed by atoms with van der Waals surface area (Å²) < 4.78 is 6.68. The summed E-state index contributed by atoms with van der Waals surface area (Å²) in [7, 11) is 1.37. The van der Waals surface area contributed by atoms with Gasteiger partial charge in [0.2, 0.25) is 0 Å². The highest BCUT2D eigenvalue weighted by atomic mass is 35.5. The Bertz CT molecular complexity index is 625. The van der Waals surface area contributed by atoms with E-state index in [2.05, 4.69) is 5.10 Å². The molecule has 1 aromatic carbocycles. The molecule has 0 atom stereocenters. The van der Waals surface area contributed by atoms with Crippen molar-refractivity contribution in [2.24, 2.45) is 0 Å². The van der Waals surface area contributed by atoms with Crippen LogP contribution in [0.5, 0.6) is 5.75 Å². The fraction of sp³-hybridized carbons (Fsp3) is 0.250. The number of aryl methyl sites for hydroxylation is 1. The maximum Gasteiger partial charge on any atom is 0.311 e. The summed E-state index contributed by atoms with van der Waals surface area (Å²) in [6, 6.07) is 2.84. The van der Waals surface area contributed by atoms with E-state index in [0.29, 0.717) is 10.6 Å². The number of ether oxygens (including phenoxy) is 1. The SMILES string of the molecule is CCn1cc(-c2cc([N+](=O)[O-])c(OC)cc2Cl)cn1. The van der Waals surface area contributed by atoms with Crippen LogP contribution in [0.15, 0.2) is 24.5 Å². The van der Waals surface area contributed by atoms with Crippen molar-refractivity contribution < 1.29 is 9.66 Å². The molecule has 100 valence electrons. The molecule has 0 aliphatic heterocycles. The van der Waals surface area contributed by atoms with E-state index in [0.717, 1.165) is 12.1 Å². The van der Waals surface area contributed by atoms with Gasteiger partial charge in [0.1, 0.15) is 0 Å². The van der Waals surface area contributed by atoms with Gasteiger partial charge in [-0.2, -0.15) is 5.10 Å². The lowest BCUT2D eigenvalue weighted by Gasteiger charge is -2.06. The zero-order valence-electron chi connectivity index (χ0n) is 10.5. The molecule has 0 radical (unpaired) electrons. The summed E-state index contributed by atoms with van der Waals surface area (Å²) in [5.74, 6) is 0.140. The van der Waals surface area contributed by atoms with Gasteiger partial charge in [-0.25, -0.2) is 0 Å². The molecular weight excluding hydrogens is 270 g/mol. The zero-order chi connectivity index (χ0) is 14.0. The molecule has 1 heterocycles. The van der Waals surface area contributed by atoms with E-state index in [9.17, 15) is 10.1 Å². The Labute approximate surface area is 114 Å². The van der Waals surface area contributed by atoms with E-state index in [1.807, 2.05) is 6.92 Å². The molecule has 7 heteroatoms. The van der Waals surface area contributed by atoms with E-state index in [-0.39, 0.29) is 11.4 Å². The largest absolute Gasteiger partial charge is 0.490 e. The minimum absolute atomic E-state index is 0.119. The summed E-state index contributed by atoms with van der Waals surface area (Å²) in [6.45, 7) is 2.67. The predicted molar refractivity (Wildman–Crippen MR) is 71.6 cm³/mol. The molecule has 6 nitrogen and oxygen atoms in total. The first-order valence-corrected chi connectivity index (χ1v) is 5.99. The Hall–Kier alpha value is -2.08. The first-order chi connectivity index (χ1) is 9.06. The van der Waals surface area contributed by atoms with Gasteiger partial charge in [-0.15, -0.1) is 0 Å². The van der Waals surface area contributed by atoms with Crippen LogP contribution >= 0.6 is 11.6 Å². The minimum Gasteiger partial charge on any atom is -0.490 e. The Kier molecular flexibility index (Phi) is 3.71. The molecule has 1 aromatic heterocycles. The molecule has 19 heavy (non-hydrogen) atoms. The summed E-state index contributed by atoms with van der Waals surface area (Å²) >= 11 is 6.13. The van der Waals surface area contributed by atoms with Crippen molar-refractivity contribution in [3.8, 4) is 16.9 Å². The molecule has 0 amide bonds. The number of rotatable bonds is 4. The molecular formula is C12H12ClN3O3. The van der Waals surface area contributed by atoms with Gasteiger partial charge in [0.15, 0.2) is 5.75 Å². The molecule has 0 N–H and O–H groups in total. The average Bonchev–Trinajstić information content (AvgIpc) is 2.86. The molecule has 0 aliphatic carbocycles. The van der Waals surface area contributed by atoms with Gasteiger partial charge in [0.25, 0.3) is 0 Å². The highest BCUT2D eigenvalue weighted by Crippen LogP contribution is 2.37. The van der Waals surface area contributed by atoms with Crippen LogP contribution in [0.1, 0.15) is 6.92 Å². The van der Waals surface area contributed by atoms with E-state index in [1.165, 1.54) is 19.2 Å². The van der Waals surface area contributed by atoms with Gasteiger partial charge in [0.05, 0.1) is 23.3 Å². The lowest BCUT2D eigenvalue weighted by Crippen LogP contribution is -1.95. The number of nitro benzene ring substituents is 1. The summed E-state index contributed by atoms with van der Waals surface area (Å²) in [5, 5.41) is 15.5. The monoisotopic (exact) mass is 281 g/mol. The van der Waals surface area contributed by atoms with Crippen LogP contribution in [0.4, 0.5) is 5.69 Å². The van der Waals surface area contributed by atoms with E-state index in [4.69, 9.17) is 16.3 Å². The number of aromatic nitrogens is 2. The number of hydrogen-bond acceptors (Lipinski definition) is 4. The third-order valence-corrected chi connectivity index (χ3v) is 3.05. The van der Waals surface area contributed by atoms with Crippen LogP contribution in [0, 0.1) is 10.1 Å². The Morgan fingerprint density at radius 2 is 2.26 bits per heavy atom. The van der Waals surface area contributed by atoms with Gasteiger partial charge >= 0.3 is 5.69 Å². The maximum atomic E-state index is 11.0. The van der Waals surface area contributed by atoms with Crippen molar-refractivity contribution >= 4 is 17.3 Å². The van der Waals surface area contributed by atoms with Crippen LogP contribution < -0.4 is 4.74 Å². The van der Waals surface area contributed by atoms with Crippen LogP contribution in [0.3, 0.4) is 0 Å². The van der Waals surface area contributed by atoms with Gasteiger partial charge in [-0.3, -0.25) is 14.8 Å². The minimum atomic E-state index is -0.497. The molecule has 0 saturated heterocycles. The molecule has 0 unspecified atom stereocenters. The summed E-state index contributed by atoms with van der Waals surface area (Å²) in [5.41, 5.74) is 1.18. The first kappa shape index (κ1) is 13.4. The Morgan fingerprint density at radius 1 is 1.53 bits per heavy atom. The number of halogens is 1. The van der Waals surface area contributed by atoms with Crippen molar-refractivity contribution in [2.75, 3.05) is 7.11 Å². The highest BCUT2D eigenvalue weighted by Gasteiger charge is 2.19. The number of hydrogen-bond donors (Lipinski definition) is 0. The van der Waals surface area contributed by atoms with Crippen molar-refractivity contribution in [3.05, 3.63) is 39.7 Å². The highest BCUT2D eigenvalue weighted by molar-refractivity contribution is 6.33. The lowest BCUT2D eigenvalue weighted by molar-refractivity contribution is -0.385. The number of methoxy groups -OCH3 is 1. The third-order valence-electron chi connectivity index (χ3n) is 2.73. The molecule has 0 aliphatic rings. The fourth-order valence-electron chi connectivity index (χ4n) is 1.75. The average molecular weight is 282 g/mol. The van der Waals surface area contributed by atoms with Crippen molar-refractivity contribution in [2.45, 2.75) is 13.5 Å². The van der Waals surface area contributed by atoms with E-state index in [1.54, 1.807) is 17.1 Å². The third kappa shape index (κ3) is 2.53. The molecule has 0 spiro atoms. The molecule has 0 fully saturated rings. The van der Waals surface area contributed by atoms with Crippen LogP contribution in [0.25, 0.3) is 11.1 Å². The first-order valence-electron chi connectivity index (χ1n) is 5.61. The van der Waals surface area contributed by atoms with Gasteiger partial charge < -0.3 is 4.74 Å². The fourth-order valence-corrected chi connectivity index (χ4v) is 2.01. The van der Waals surface area contributed by atoms with Gasteiger partial charge in [-0.05, 0) is 6.92 Å². The van der Waals surface area contributed by atoms with Crippen LogP contribution in [-0.2, 0) is 6.54 Å². The second-order valence-electron chi connectivity index (χ2n) is 3.85. The van der Waals surface area contributed by atoms with Gasteiger partial charge in [0, 0.05) is 36.0 Å². The smallest absolute Gasteiger partial charge is 0.311 e. The maximum absolute atomic E-state index is 11.0. The molecule has 2 rings (SSSR count). The predicted octanol–water partition coefficient (Wildman–Crippen LogP) is 3.14. The Morgan fingerprint density at radius 3 is 2.79 bits per heavy atom. The lowest BCUT2D eigenvalue weighted by atomic mass is 10.1.